The number of amides is 1. The first-order valence-electron chi connectivity index (χ1n) is 11.2. The Labute approximate surface area is 182 Å². The molecule has 0 aromatic carbocycles. The lowest BCUT2D eigenvalue weighted by atomic mass is 9.98. The van der Waals surface area contributed by atoms with E-state index >= 15 is 0 Å². The fourth-order valence-electron chi connectivity index (χ4n) is 4.64. The van der Waals surface area contributed by atoms with Gasteiger partial charge in [0.25, 0.3) is 5.91 Å². The summed E-state index contributed by atoms with van der Waals surface area (Å²) >= 11 is 0. The van der Waals surface area contributed by atoms with Crippen molar-refractivity contribution in [1.29, 1.82) is 5.41 Å². The zero-order chi connectivity index (χ0) is 22.0. The molecule has 0 aliphatic carbocycles. The number of nitrogens with zero attached hydrogens (tertiary/aromatic N) is 6. The summed E-state index contributed by atoms with van der Waals surface area (Å²) in [4.78, 5) is 26.6. The van der Waals surface area contributed by atoms with E-state index in [1.165, 1.54) is 6.21 Å². The van der Waals surface area contributed by atoms with Gasteiger partial charge in [-0.15, -0.1) is 0 Å². The summed E-state index contributed by atoms with van der Waals surface area (Å²) < 4.78 is 1.82. The van der Waals surface area contributed by atoms with E-state index in [0.717, 1.165) is 61.5 Å². The highest BCUT2D eigenvalue weighted by atomic mass is 16.2. The van der Waals surface area contributed by atoms with E-state index in [1.807, 2.05) is 35.5 Å². The van der Waals surface area contributed by atoms with E-state index < -0.39 is 0 Å². The van der Waals surface area contributed by atoms with Crippen LogP contribution < -0.4 is 10.6 Å². The van der Waals surface area contributed by atoms with Gasteiger partial charge in [-0.2, -0.15) is 5.10 Å². The predicted molar refractivity (Wildman–Crippen MR) is 122 cm³/mol. The smallest absolute Gasteiger partial charge is 0.268 e. The Kier molecular flexibility index (Phi) is 6.31. The molecular weight excluding hydrogens is 392 g/mol. The fraction of sp³-hybridized carbons (Fsp3) is 0.591. The summed E-state index contributed by atoms with van der Waals surface area (Å²) in [5, 5.41) is 12.2. The fourth-order valence-corrected chi connectivity index (χ4v) is 4.64. The highest BCUT2D eigenvalue weighted by molar-refractivity contribution is 6.41. The third kappa shape index (κ3) is 4.32. The SMILES string of the molecule is CCN=C(CC=N)C(=O)N1CCCCC1c1cc2nc(N3CCC(N)C3)c(C)cn2n1. The topological polar surface area (TPSA) is 116 Å². The van der Waals surface area contributed by atoms with Crippen LogP contribution in [0.3, 0.4) is 0 Å². The van der Waals surface area contributed by atoms with Crippen molar-refractivity contribution in [3.63, 3.8) is 0 Å². The quantitative estimate of drug-likeness (QED) is 0.689. The first kappa shape index (κ1) is 21.4. The maximum atomic E-state index is 13.2. The van der Waals surface area contributed by atoms with Gasteiger partial charge in [0.05, 0.1) is 11.7 Å². The van der Waals surface area contributed by atoms with Crippen LogP contribution in [0.4, 0.5) is 5.82 Å². The Balaban J connectivity index is 1.65. The molecule has 9 heteroatoms. The van der Waals surface area contributed by atoms with Crippen LogP contribution in [0, 0.1) is 12.3 Å². The number of hydrogen-bond acceptors (Lipinski definition) is 7. The number of hydrogen-bond donors (Lipinski definition) is 2. The molecule has 0 bridgehead atoms. The number of rotatable bonds is 6. The molecule has 1 amide bonds. The molecule has 4 rings (SSSR count). The number of carbonyl (C=O) groups excluding carboxylic acids is 1. The lowest BCUT2D eigenvalue weighted by Gasteiger charge is -2.35. The molecule has 2 unspecified atom stereocenters. The summed E-state index contributed by atoms with van der Waals surface area (Å²) in [6, 6.07) is 2.10. The van der Waals surface area contributed by atoms with E-state index in [2.05, 4.69) is 9.89 Å². The monoisotopic (exact) mass is 424 g/mol. The molecule has 2 atom stereocenters. The minimum absolute atomic E-state index is 0.0806. The van der Waals surface area contributed by atoms with Crippen molar-refractivity contribution in [3.8, 4) is 0 Å². The Morgan fingerprint density at radius 1 is 1.35 bits per heavy atom. The van der Waals surface area contributed by atoms with Gasteiger partial charge in [0.1, 0.15) is 11.5 Å². The summed E-state index contributed by atoms with van der Waals surface area (Å²) in [7, 11) is 0. The van der Waals surface area contributed by atoms with E-state index in [4.69, 9.17) is 21.2 Å². The second kappa shape index (κ2) is 9.13. The van der Waals surface area contributed by atoms with Gasteiger partial charge in [0, 0.05) is 62.7 Å². The second-order valence-corrected chi connectivity index (χ2v) is 8.45. The van der Waals surface area contributed by atoms with Gasteiger partial charge in [0.15, 0.2) is 5.65 Å². The summed E-state index contributed by atoms with van der Waals surface area (Å²) in [5.41, 5.74) is 9.26. The molecule has 0 radical (unpaired) electrons. The number of fused-ring (bicyclic) bond motifs is 1. The van der Waals surface area contributed by atoms with Crippen LogP contribution in [0.5, 0.6) is 0 Å². The van der Waals surface area contributed by atoms with E-state index in [-0.39, 0.29) is 24.4 Å². The molecule has 2 aromatic heterocycles. The van der Waals surface area contributed by atoms with Gasteiger partial charge in [-0.1, -0.05) is 0 Å². The highest BCUT2D eigenvalue weighted by Crippen LogP contribution is 2.32. The lowest BCUT2D eigenvalue weighted by Crippen LogP contribution is -2.42. The molecule has 0 saturated carbocycles. The summed E-state index contributed by atoms with van der Waals surface area (Å²) in [5.74, 6) is 0.884. The minimum atomic E-state index is -0.0975. The van der Waals surface area contributed by atoms with Gasteiger partial charge < -0.3 is 20.9 Å². The first-order chi connectivity index (χ1) is 15.0. The van der Waals surface area contributed by atoms with Crippen molar-refractivity contribution in [3.05, 3.63) is 23.5 Å². The molecule has 0 spiro atoms. The average molecular weight is 425 g/mol. The van der Waals surface area contributed by atoms with Gasteiger partial charge in [-0.3, -0.25) is 9.79 Å². The van der Waals surface area contributed by atoms with Crippen LogP contribution in [-0.2, 0) is 4.79 Å². The van der Waals surface area contributed by atoms with Gasteiger partial charge >= 0.3 is 0 Å². The van der Waals surface area contributed by atoms with Gasteiger partial charge in [0.2, 0.25) is 0 Å². The van der Waals surface area contributed by atoms with E-state index in [9.17, 15) is 4.79 Å². The van der Waals surface area contributed by atoms with Crippen molar-refractivity contribution < 1.29 is 4.79 Å². The normalized spacial score (nSPS) is 22.4. The minimum Gasteiger partial charge on any atom is -0.355 e. The third-order valence-electron chi connectivity index (χ3n) is 6.14. The Hall–Kier alpha value is -2.81. The van der Waals surface area contributed by atoms with E-state index in [0.29, 0.717) is 18.8 Å². The molecule has 166 valence electrons. The van der Waals surface area contributed by atoms with Crippen LogP contribution in [0.15, 0.2) is 17.3 Å². The third-order valence-corrected chi connectivity index (χ3v) is 6.14. The van der Waals surface area contributed by atoms with E-state index in [1.54, 1.807) is 0 Å². The summed E-state index contributed by atoms with van der Waals surface area (Å²) in [6.07, 6.45) is 7.39. The zero-order valence-corrected chi connectivity index (χ0v) is 18.4. The largest absolute Gasteiger partial charge is 0.355 e. The molecule has 3 N–H and O–H groups in total. The maximum Gasteiger partial charge on any atom is 0.268 e. The average Bonchev–Trinajstić information content (AvgIpc) is 3.38. The molecular formula is C22H32N8O. The number of nitrogens with two attached hydrogens (primary N) is 1. The molecule has 2 fully saturated rings. The Morgan fingerprint density at radius 3 is 2.90 bits per heavy atom. The number of anilines is 1. The number of aliphatic imine (C=N–C) groups is 1. The molecule has 2 aliphatic heterocycles. The van der Waals surface area contributed by atoms with Gasteiger partial charge in [-0.05, 0) is 39.5 Å². The Bertz CT molecular complexity index is 997. The predicted octanol–water partition coefficient (Wildman–Crippen LogP) is 2.13. The molecule has 2 aliphatic rings. The maximum absolute atomic E-state index is 13.2. The van der Waals surface area contributed by atoms with Crippen molar-refractivity contribution >= 4 is 29.3 Å². The van der Waals surface area contributed by atoms with Crippen LogP contribution >= 0.6 is 0 Å². The van der Waals surface area contributed by atoms with Crippen LogP contribution in [0.25, 0.3) is 5.65 Å². The second-order valence-electron chi connectivity index (χ2n) is 8.45. The first-order valence-corrected chi connectivity index (χ1v) is 11.2. The van der Waals surface area contributed by atoms with Gasteiger partial charge in [-0.25, -0.2) is 9.50 Å². The number of nitrogens with one attached hydrogen (secondary N) is 1. The molecule has 4 heterocycles. The van der Waals surface area contributed by atoms with Crippen molar-refractivity contribution in [2.24, 2.45) is 10.7 Å². The standard InChI is InChI=1S/C22H32N8O/c1-3-25-17(7-9-23)22(31)29-10-5-4-6-19(29)18-12-20-26-21(15(2)13-30(20)27-18)28-11-8-16(24)14-28/h9,12-13,16,19,23H,3-8,10-11,14,24H2,1-2H3. The number of aromatic nitrogens is 3. The number of piperidine rings is 1. The van der Waals surface area contributed by atoms with Crippen LogP contribution in [-0.4, -0.2) is 69.6 Å². The lowest BCUT2D eigenvalue weighted by molar-refractivity contribution is -0.127. The number of carbonyl (C=O) groups is 1. The van der Waals surface area contributed by atoms with Crippen molar-refractivity contribution in [1.82, 2.24) is 19.5 Å². The molecule has 2 aromatic rings. The zero-order valence-electron chi connectivity index (χ0n) is 18.4. The Morgan fingerprint density at radius 2 is 2.19 bits per heavy atom. The molecule has 2 saturated heterocycles. The van der Waals surface area contributed by atoms with Crippen LogP contribution in [0.1, 0.15) is 56.3 Å². The highest BCUT2D eigenvalue weighted by Gasteiger charge is 2.32. The molecule has 31 heavy (non-hydrogen) atoms. The van der Waals surface area contributed by atoms with Crippen molar-refractivity contribution in [2.75, 3.05) is 31.1 Å². The molecule has 9 nitrogen and oxygen atoms in total. The number of likely N-dealkylation sites (tertiary alicyclic amines) is 1. The summed E-state index contributed by atoms with van der Waals surface area (Å²) in [6.45, 7) is 6.92. The van der Waals surface area contributed by atoms with Crippen molar-refractivity contribution in [2.45, 2.75) is 58.0 Å². The van der Waals surface area contributed by atoms with Crippen LogP contribution in [0.2, 0.25) is 0 Å². The number of aryl methyl sites for hydroxylation is 1.